The molecule has 0 saturated carbocycles. The average Bonchev–Trinajstić information content (AvgIpc) is 2.88. The van der Waals surface area contributed by atoms with Gasteiger partial charge >= 0.3 is 0 Å². The molecule has 1 N–H and O–H groups in total. The molecule has 1 heterocycles. The molecule has 0 atom stereocenters. The third-order valence-corrected chi connectivity index (χ3v) is 3.46. The van der Waals surface area contributed by atoms with Crippen LogP contribution in [0.15, 0.2) is 29.0 Å². The molecule has 0 aliphatic heterocycles. The molecule has 0 bridgehead atoms. The molecule has 21 heavy (non-hydrogen) atoms. The van der Waals surface area contributed by atoms with Gasteiger partial charge in [0, 0.05) is 10.5 Å². The Kier molecular flexibility index (Phi) is 5.40. The van der Waals surface area contributed by atoms with Gasteiger partial charge in [-0.1, -0.05) is 22.9 Å². The van der Waals surface area contributed by atoms with E-state index in [0.29, 0.717) is 23.1 Å². The molecule has 0 aliphatic rings. The fraction of sp³-hybridized carbons (Fsp3) is 0.385. The Bertz CT molecular complexity index is 629. The molecule has 1 aromatic carbocycles. The normalized spacial score (nSPS) is 10.8. The zero-order valence-electron chi connectivity index (χ0n) is 11.6. The number of rotatable bonds is 7. The van der Waals surface area contributed by atoms with Crippen LogP contribution >= 0.6 is 15.9 Å². The maximum atomic E-state index is 11.1. The van der Waals surface area contributed by atoms with Gasteiger partial charge in [0.05, 0.1) is 23.6 Å². The van der Waals surface area contributed by atoms with E-state index >= 15 is 0 Å². The van der Waals surface area contributed by atoms with Crippen LogP contribution in [0.25, 0.3) is 0 Å². The van der Waals surface area contributed by atoms with Crippen molar-refractivity contribution in [3.05, 3.63) is 50.5 Å². The number of nitrogens with zero attached hydrogens (tertiary/aromatic N) is 4. The summed E-state index contributed by atoms with van der Waals surface area (Å²) in [6.45, 7) is 3.90. The summed E-state index contributed by atoms with van der Waals surface area (Å²) in [7, 11) is 0. The molecule has 1 aromatic heterocycles. The van der Waals surface area contributed by atoms with Crippen LogP contribution in [-0.4, -0.2) is 26.2 Å². The lowest BCUT2D eigenvalue weighted by molar-refractivity contribution is -0.385. The number of hydrogen-bond donors (Lipinski definition) is 1. The molecular formula is C13H16BrN5O2. The summed E-state index contributed by atoms with van der Waals surface area (Å²) in [4.78, 5) is 14.9. The van der Waals surface area contributed by atoms with Crippen molar-refractivity contribution >= 4 is 21.6 Å². The first-order valence-electron chi connectivity index (χ1n) is 6.62. The van der Waals surface area contributed by atoms with Crippen LogP contribution in [0.3, 0.4) is 0 Å². The van der Waals surface area contributed by atoms with Gasteiger partial charge in [-0.2, -0.15) is 5.10 Å². The van der Waals surface area contributed by atoms with Gasteiger partial charge in [0.25, 0.3) is 5.69 Å². The molecule has 0 fully saturated rings. The standard InChI is InChI=1S/C13H16BrN5O2/c1-2-5-15-7-13-16-9-17-18(13)8-10-3-4-11(14)6-12(10)19(20)21/h3-4,6,9,15H,2,5,7-8H2,1H3. The highest BCUT2D eigenvalue weighted by Gasteiger charge is 2.16. The predicted octanol–water partition coefficient (Wildman–Crippen LogP) is 2.50. The summed E-state index contributed by atoms with van der Waals surface area (Å²) in [6, 6.07) is 5.02. The first-order valence-corrected chi connectivity index (χ1v) is 7.41. The summed E-state index contributed by atoms with van der Waals surface area (Å²) in [5, 5.41) is 18.5. The highest BCUT2D eigenvalue weighted by molar-refractivity contribution is 9.10. The Labute approximate surface area is 130 Å². The molecule has 0 spiro atoms. The molecule has 7 nitrogen and oxygen atoms in total. The zero-order chi connectivity index (χ0) is 15.2. The fourth-order valence-corrected chi connectivity index (χ4v) is 2.29. The third kappa shape index (κ3) is 4.08. The Balaban J connectivity index is 2.19. The minimum atomic E-state index is -0.383. The number of hydrogen-bond acceptors (Lipinski definition) is 5. The summed E-state index contributed by atoms with van der Waals surface area (Å²) in [5.74, 6) is 0.765. The molecule has 112 valence electrons. The van der Waals surface area contributed by atoms with E-state index in [1.807, 2.05) is 0 Å². The Morgan fingerprint density at radius 2 is 2.29 bits per heavy atom. The van der Waals surface area contributed by atoms with Crippen molar-refractivity contribution in [2.24, 2.45) is 0 Å². The summed E-state index contributed by atoms with van der Waals surface area (Å²) >= 11 is 3.25. The predicted molar refractivity (Wildman–Crippen MR) is 81.9 cm³/mol. The number of nitrogens with one attached hydrogen (secondary N) is 1. The number of aromatic nitrogens is 3. The van der Waals surface area contributed by atoms with Crippen molar-refractivity contribution in [2.75, 3.05) is 6.54 Å². The lowest BCUT2D eigenvalue weighted by atomic mass is 10.2. The molecule has 0 amide bonds. The van der Waals surface area contributed by atoms with Crippen LogP contribution in [0.4, 0.5) is 5.69 Å². The minimum absolute atomic E-state index is 0.0762. The first-order chi connectivity index (χ1) is 10.1. The van der Waals surface area contributed by atoms with Gasteiger partial charge in [-0.3, -0.25) is 10.1 Å². The molecule has 2 aromatic rings. The first kappa shape index (κ1) is 15.6. The quantitative estimate of drug-likeness (QED) is 0.469. The van der Waals surface area contributed by atoms with Gasteiger partial charge in [0.2, 0.25) is 0 Å². The molecule has 0 unspecified atom stereocenters. The van der Waals surface area contributed by atoms with Crippen molar-refractivity contribution in [1.82, 2.24) is 20.1 Å². The van der Waals surface area contributed by atoms with E-state index in [0.717, 1.165) is 18.8 Å². The number of nitro benzene ring substituents is 1. The Morgan fingerprint density at radius 3 is 3.00 bits per heavy atom. The van der Waals surface area contributed by atoms with Crippen LogP contribution in [0.1, 0.15) is 24.7 Å². The van der Waals surface area contributed by atoms with Crippen molar-refractivity contribution in [1.29, 1.82) is 0 Å². The Morgan fingerprint density at radius 1 is 1.48 bits per heavy atom. The van der Waals surface area contributed by atoms with Crippen LogP contribution in [0, 0.1) is 10.1 Å². The fourth-order valence-electron chi connectivity index (χ4n) is 1.94. The number of halogens is 1. The van der Waals surface area contributed by atoms with Gasteiger partial charge in [0.15, 0.2) is 0 Å². The van der Waals surface area contributed by atoms with Gasteiger partial charge in [-0.15, -0.1) is 0 Å². The van der Waals surface area contributed by atoms with Crippen LogP contribution in [0.5, 0.6) is 0 Å². The number of nitro groups is 1. The van der Waals surface area contributed by atoms with Crippen molar-refractivity contribution in [3.8, 4) is 0 Å². The smallest absolute Gasteiger partial charge is 0.275 e. The highest BCUT2D eigenvalue weighted by atomic mass is 79.9. The lowest BCUT2D eigenvalue weighted by Gasteiger charge is -2.08. The summed E-state index contributed by atoms with van der Waals surface area (Å²) in [5.41, 5.74) is 0.679. The topological polar surface area (TPSA) is 85.9 Å². The second kappa shape index (κ2) is 7.28. The van der Waals surface area contributed by atoms with E-state index in [1.54, 1.807) is 16.8 Å². The zero-order valence-corrected chi connectivity index (χ0v) is 13.2. The molecule has 2 rings (SSSR count). The van der Waals surface area contributed by atoms with E-state index in [4.69, 9.17) is 0 Å². The van der Waals surface area contributed by atoms with Crippen molar-refractivity contribution < 1.29 is 4.92 Å². The highest BCUT2D eigenvalue weighted by Crippen LogP contribution is 2.24. The van der Waals surface area contributed by atoms with Crippen LogP contribution in [-0.2, 0) is 13.1 Å². The van der Waals surface area contributed by atoms with Gasteiger partial charge in [-0.05, 0) is 25.1 Å². The van der Waals surface area contributed by atoms with E-state index in [9.17, 15) is 10.1 Å². The van der Waals surface area contributed by atoms with Gasteiger partial charge in [-0.25, -0.2) is 9.67 Å². The second-order valence-corrected chi connectivity index (χ2v) is 5.46. The van der Waals surface area contributed by atoms with Crippen molar-refractivity contribution in [3.63, 3.8) is 0 Å². The monoisotopic (exact) mass is 353 g/mol. The molecule has 0 aliphatic carbocycles. The molecular weight excluding hydrogens is 338 g/mol. The maximum absolute atomic E-state index is 11.1. The summed E-state index contributed by atoms with van der Waals surface area (Å²) in [6.07, 6.45) is 2.50. The van der Waals surface area contributed by atoms with Gasteiger partial charge < -0.3 is 5.32 Å². The third-order valence-electron chi connectivity index (χ3n) is 2.97. The molecule has 0 radical (unpaired) electrons. The largest absolute Gasteiger partial charge is 0.310 e. The lowest BCUT2D eigenvalue weighted by Crippen LogP contribution is -2.18. The maximum Gasteiger partial charge on any atom is 0.275 e. The Hall–Kier alpha value is -1.80. The van der Waals surface area contributed by atoms with E-state index < -0.39 is 0 Å². The van der Waals surface area contributed by atoms with Crippen LogP contribution < -0.4 is 5.32 Å². The summed E-state index contributed by atoms with van der Waals surface area (Å²) < 4.78 is 2.36. The molecule has 8 heteroatoms. The van der Waals surface area contributed by atoms with Crippen LogP contribution in [0.2, 0.25) is 0 Å². The van der Waals surface area contributed by atoms with Crippen molar-refractivity contribution in [2.45, 2.75) is 26.4 Å². The second-order valence-electron chi connectivity index (χ2n) is 4.54. The molecule has 0 saturated heterocycles. The average molecular weight is 354 g/mol. The van der Waals surface area contributed by atoms with E-state index in [-0.39, 0.29) is 10.6 Å². The number of benzene rings is 1. The minimum Gasteiger partial charge on any atom is -0.310 e. The van der Waals surface area contributed by atoms with Gasteiger partial charge in [0.1, 0.15) is 12.2 Å². The van der Waals surface area contributed by atoms with E-state index in [2.05, 4.69) is 38.3 Å². The SMILES string of the molecule is CCCNCc1ncnn1Cc1ccc(Br)cc1[N+](=O)[O-]. The van der Waals surface area contributed by atoms with E-state index in [1.165, 1.54) is 12.4 Å².